The SMILES string of the molecule is CC(COCCC(=O)N1CC(C)N(c2ncc(C3CC3)cn2)CC1C)Nc1cn[nH]c(=O)c1C(F)(F)F. The van der Waals surface area contributed by atoms with E-state index in [0.717, 1.165) is 6.20 Å². The lowest BCUT2D eigenvalue weighted by Gasteiger charge is -2.44. The fourth-order valence-corrected chi connectivity index (χ4v) is 4.52. The van der Waals surface area contributed by atoms with E-state index in [0.29, 0.717) is 25.0 Å². The maximum atomic E-state index is 13.2. The topological polar surface area (TPSA) is 116 Å². The van der Waals surface area contributed by atoms with Crippen molar-refractivity contribution in [1.82, 2.24) is 25.1 Å². The number of halogens is 3. The first kappa shape index (κ1) is 26.8. The Bertz CT molecular complexity index is 1140. The molecule has 0 spiro atoms. The lowest BCUT2D eigenvalue weighted by atomic mass is 10.1. The fraction of sp³-hybridized carbons (Fsp3) is 0.625. The largest absolute Gasteiger partial charge is 0.423 e. The predicted molar refractivity (Wildman–Crippen MR) is 130 cm³/mol. The molecule has 0 radical (unpaired) electrons. The molecule has 202 valence electrons. The Morgan fingerprint density at radius 3 is 2.54 bits per heavy atom. The van der Waals surface area contributed by atoms with Crippen LogP contribution in [0.4, 0.5) is 24.8 Å². The number of ether oxygens (including phenoxy) is 1. The third-order valence-corrected chi connectivity index (χ3v) is 6.64. The van der Waals surface area contributed by atoms with Gasteiger partial charge in [-0.05, 0) is 45.1 Å². The van der Waals surface area contributed by atoms with Gasteiger partial charge in [0.15, 0.2) is 0 Å². The highest BCUT2D eigenvalue weighted by molar-refractivity contribution is 5.77. The van der Waals surface area contributed by atoms with Crippen molar-refractivity contribution in [2.24, 2.45) is 0 Å². The van der Waals surface area contributed by atoms with Crippen LogP contribution in [0.1, 0.15) is 57.1 Å². The number of amides is 1. The molecule has 4 rings (SSSR count). The van der Waals surface area contributed by atoms with E-state index in [4.69, 9.17) is 4.74 Å². The molecule has 0 bridgehead atoms. The Labute approximate surface area is 212 Å². The molecule has 1 saturated heterocycles. The first-order valence-corrected chi connectivity index (χ1v) is 12.4. The zero-order chi connectivity index (χ0) is 26.7. The minimum atomic E-state index is -4.82. The van der Waals surface area contributed by atoms with Gasteiger partial charge in [-0.2, -0.15) is 18.3 Å². The summed E-state index contributed by atoms with van der Waals surface area (Å²) < 4.78 is 45.1. The van der Waals surface area contributed by atoms with Gasteiger partial charge in [-0.15, -0.1) is 0 Å². The second kappa shape index (κ2) is 11.0. The number of carbonyl (C=O) groups excluding carboxylic acids is 1. The van der Waals surface area contributed by atoms with Crippen LogP contribution in [0.2, 0.25) is 0 Å². The average Bonchev–Trinajstić information content (AvgIpc) is 3.68. The molecule has 10 nitrogen and oxygen atoms in total. The summed E-state index contributed by atoms with van der Waals surface area (Å²) in [6, 6.07) is -0.545. The summed E-state index contributed by atoms with van der Waals surface area (Å²) in [5.74, 6) is 1.21. The van der Waals surface area contributed by atoms with Crippen LogP contribution in [0.3, 0.4) is 0 Å². The van der Waals surface area contributed by atoms with Crippen LogP contribution in [0, 0.1) is 0 Å². The molecule has 3 atom stereocenters. The third-order valence-electron chi connectivity index (χ3n) is 6.64. The van der Waals surface area contributed by atoms with Gasteiger partial charge in [-0.3, -0.25) is 9.59 Å². The van der Waals surface area contributed by atoms with Gasteiger partial charge in [0.25, 0.3) is 5.56 Å². The number of hydrogen-bond acceptors (Lipinski definition) is 8. The number of aromatic amines is 1. The highest BCUT2D eigenvalue weighted by Crippen LogP contribution is 2.39. The van der Waals surface area contributed by atoms with Gasteiger partial charge in [0.1, 0.15) is 5.56 Å². The van der Waals surface area contributed by atoms with E-state index in [2.05, 4.69) is 25.3 Å². The maximum Gasteiger partial charge on any atom is 0.423 e. The van der Waals surface area contributed by atoms with E-state index in [1.807, 2.05) is 31.1 Å². The number of H-pyrrole nitrogens is 1. The van der Waals surface area contributed by atoms with Crippen molar-refractivity contribution in [3.8, 4) is 0 Å². The number of nitrogens with one attached hydrogen (secondary N) is 2. The molecule has 37 heavy (non-hydrogen) atoms. The summed E-state index contributed by atoms with van der Waals surface area (Å²) in [5, 5.41) is 7.84. The summed E-state index contributed by atoms with van der Waals surface area (Å²) in [4.78, 5) is 37.5. The minimum absolute atomic E-state index is 0.0412. The lowest BCUT2D eigenvalue weighted by Crippen LogP contribution is -2.58. The van der Waals surface area contributed by atoms with E-state index < -0.39 is 29.0 Å². The molecule has 1 amide bonds. The zero-order valence-electron chi connectivity index (χ0n) is 21.1. The molecule has 3 unspecified atom stereocenters. The summed E-state index contributed by atoms with van der Waals surface area (Å²) in [7, 11) is 0. The summed E-state index contributed by atoms with van der Waals surface area (Å²) in [6.45, 7) is 6.95. The zero-order valence-corrected chi connectivity index (χ0v) is 21.1. The van der Waals surface area contributed by atoms with Crippen molar-refractivity contribution in [1.29, 1.82) is 0 Å². The third kappa shape index (κ3) is 6.56. The van der Waals surface area contributed by atoms with Crippen LogP contribution < -0.4 is 15.8 Å². The fourth-order valence-electron chi connectivity index (χ4n) is 4.52. The number of carbonyl (C=O) groups is 1. The normalized spacial score (nSPS) is 21.1. The van der Waals surface area contributed by atoms with E-state index in [-0.39, 0.29) is 37.6 Å². The number of anilines is 2. The first-order chi connectivity index (χ1) is 17.5. The number of aromatic nitrogens is 4. The van der Waals surface area contributed by atoms with Crippen LogP contribution in [-0.4, -0.2) is 75.4 Å². The van der Waals surface area contributed by atoms with Gasteiger partial charge in [0.05, 0.1) is 31.5 Å². The van der Waals surface area contributed by atoms with Crippen LogP contribution in [0.25, 0.3) is 0 Å². The molecule has 2 aliphatic rings. The van der Waals surface area contributed by atoms with E-state index in [9.17, 15) is 22.8 Å². The number of alkyl halides is 3. The predicted octanol–water partition coefficient (Wildman–Crippen LogP) is 2.79. The number of piperazine rings is 1. The van der Waals surface area contributed by atoms with Gasteiger partial charge < -0.3 is 19.9 Å². The number of rotatable bonds is 9. The molecule has 1 aliphatic heterocycles. The van der Waals surface area contributed by atoms with Crippen LogP contribution in [-0.2, 0) is 15.7 Å². The minimum Gasteiger partial charge on any atom is -0.379 e. The quantitative estimate of drug-likeness (QED) is 0.482. The van der Waals surface area contributed by atoms with E-state index in [1.54, 1.807) is 12.0 Å². The molecule has 2 aromatic rings. The second-order valence-electron chi connectivity index (χ2n) is 9.84. The van der Waals surface area contributed by atoms with Crippen molar-refractivity contribution >= 4 is 17.5 Å². The maximum absolute atomic E-state index is 13.2. The van der Waals surface area contributed by atoms with Crippen molar-refractivity contribution in [2.45, 2.75) is 70.3 Å². The smallest absolute Gasteiger partial charge is 0.379 e. The van der Waals surface area contributed by atoms with E-state index >= 15 is 0 Å². The van der Waals surface area contributed by atoms with Crippen molar-refractivity contribution in [2.75, 3.05) is 36.5 Å². The Balaban J connectivity index is 1.23. The van der Waals surface area contributed by atoms with Crippen LogP contribution in [0.5, 0.6) is 0 Å². The Morgan fingerprint density at radius 2 is 1.89 bits per heavy atom. The molecule has 0 aromatic carbocycles. The average molecular weight is 524 g/mol. The van der Waals surface area contributed by atoms with Crippen LogP contribution in [0.15, 0.2) is 23.4 Å². The van der Waals surface area contributed by atoms with Crippen molar-refractivity contribution in [3.63, 3.8) is 0 Å². The number of nitrogens with zero attached hydrogens (tertiary/aromatic N) is 5. The van der Waals surface area contributed by atoms with Crippen LogP contribution >= 0.6 is 0 Å². The lowest BCUT2D eigenvalue weighted by molar-refractivity contribution is -0.138. The van der Waals surface area contributed by atoms with E-state index in [1.165, 1.54) is 18.4 Å². The highest BCUT2D eigenvalue weighted by Gasteiger charge is 2.38. The first-order valence-electron chi connectivity index (χ1n) is 12.4. The van der Waals surface area contributed by atoms with Gasteiger partial charge in [-0.25, -0.2) is 15.1 Å². The Morgan fingerprint density at radius 1 is 1.19 bits per heavy atom. The Hall–Kier alpha value is -3.22. The molecule has 2 aromatic heterocycles. The molecule has 3 heterocycles. The summed E-state index contributed by atoms with van der Waals surface area (Å²) >= 11 is 0. The summed E-state index contributed by atoms with van der Waals surface area (Å²) in [6.07, 6.45) is 2.43. The molecule has 1 aliphatic carbocycles. The van der Waals surface area contributed by atoms with Gasteiger partial charge >= 0.3 is 6.18 Å². The molecule has 13 heteroatoms. The van der Waals surface area contributed by atoms with Crippen molar-refractivity contribution < 1.29 is 22.7 Å². The molecule has 2 fully saturated rings. The highest BCUT2D eigenvalue weighted by atomic mass is 19.4. The molecular formula is C24H32F3N7O3. The molecule has 1 saturated carbocycles. The number of hydrogen-bond donors (Lipinski definition) is 2. The Kier molecular flexibility index (Phi) is 8.00. The van der Waals surface area contributed by atoms with Crippen molar-refractivity contribution in [3.05, 3.63) is 40.1 Å². The molecule has 2 N–H and O–H groups in total. The standard InChI is InChI=1S/C24H32F3N7O3/c1-14(31-19-10-30-32-22(36)21(19)24(25,26)27)13-37-7-6-20(35)33-11-16(3)34(12-15(33)2)23-28-8-18(9-29-23)17-4-5-17/h8-10,14-17H,4-7,11-13H2,1-3H3,(H2,31,32,36). The van der Waals surface area contributed by atoms with Gasteiger partial charge in [0.2, 0.25) is 11.9 Å². The van der Waals surface area contributed by atoms with Gasteiger partial charge in [-0.1, -0.05) is 0 Å². The monoisotopic (exact) mass is 523 g/mol. The van der Waals surface area contributed by atoms with Gasteiger partial charge in [0, 0.05) is 43.6 Å². The summed E-state index contributed by atoms with van der Waals surface area (Å²) in [5.41, 5.74) is -1.90. The molecular weight excluding hydrogens is 491 g/mol. The second-order valence-corrected chi connectivity index (χ2v) is 9.84.